The van der Waals surface area contributed by atoms with Gasteiger partial charge < -0.3 is 11.1 Å². The monoisotopic (exact) mass is 338 g/mol. The number of rotatable bonds is 3. The Hall–Kier alpha value is -1.52. The van der Waals surface area contributed by atoms with Crippen molar-refractivity contribution in [3.05, 3.63) is 63.1 Å². The minimum atomic E-state index is -0.167. The lowest BCUT2D eigenvalue weighted by Crippen LogP contribution is -2.22. The molecule has 5 heteroatoms. The molecular formula is C14H12BrClN2O. The summed E-state index contributed by atoms with van der Waals surface area (Å²) < 4.78 is 0.777. The summed E-state index contributed by atoms with van der Waals surface area (Å²) in [6.45, 7) is 0.426. The molecule has 2 aromatic carbocycles. The van der Waals surface area contributed by atoms with Crippen LogP contribution in [0.1, 0.15) is 15.9 Å². The maximum atomic E-state index is 12.0. The summed E-state index contributed by atoms with van der Waals surface area (Å²) in [5, 5.41) is 3.47. The molecule has 1 amide bonds. The van der Waals surface area contributed by atoms with Crippen LogP contribution in [0.4, 0.5) is 5.69 Å². The van der Waals surface area contributed by atoms with Gasteiger partial charge in [0, 0.05) is 27.3 Å². The number of nitrogen functional groups attached to an aromatic ring is 1. The molecule has 0 saturated heterocycles. The predicted molar refractivity (Wildman–Crippen MR) is 81.2 cm³/mol. The van der Waals surface area contributed by atoms with E-state index in [-0.39, 0.29) is 5.91 Å². The molecule has 0 saturated carbocycles. The number of nitrogens with one attached hydrogen (secondary N) is 1. The molecule has 0 heterocycles. The molecule has 0 unspecified atom stereocenters. The smallest absolute Gasteiger partial charge is 0.251 e. The maximum Gasteiger partial charge on any atom is 0.251 e. The summed E-state index contributed by atoms with van der Waals surface area (Å²) in [6, 6.07) is 12.5. The fraction of sp³-hybridized carbons (Fsp3) is 0.0714. The molecule has 98 valence electrons. The van der Waals surface area contributed by atoms with Gasteiger partial charge in [-0.1, -0.05) is 23.7 Å². The zero-order valence-electron chi connectivity index (χ0n) is 9.99. The molecule has 0 bridgehead atoms. The molecular weight excluding hydrogens is 328 g/mol. The second-order valence-corrected chi connectivity index (χ2v) is 5.34. The first kappa shape index (κ1) is 13.9. The van der Waals surface area contributed by atoms with Crippen LogP contribution in [0.5, 0.6) is 0 Å². The van der Waals surface area contributed by atoms with Crippen molar-refractivity contribution in [2.24, 2.45) is 0 Å². The van der Waals surface area contributed by atoms with Gasteiger partial charge >= 0.3 is 0 Å². The van der Waals surface area contributed by atoms with Gasteiger partial charge in [0.05, 0.1) is 0 Å². The highest BCUT2D eigenvalue weighted by molar-refractivity contribution is 9.10. The standard InChI is InChI=1S/C14H12BrClN2O/c15-12-5-4-10(7-13(12)17)14(19)18-8-9-2-1-3-11(16)6-9/h1-7H,8,17H2,(H,18,19). The fourth-order valence-corrected chi connectivity index (χ4v) is 2.08. The Labute approximate surface area is 124 Å². The summed E-state index contributed by atoms with van der Waals surface area (Å²) in [5.74, 6) is -0.167. The average Bonchev–Trinajstić information content (AvgIpc) is 2.39. The quantitative estimate of drug-likeness (QED) is 0.839. The predicted octanol–water partition coefficient (Wildman–Crippen LogP) is 3.61. The number of halogens is 2. The second kappa shape index (κ2) is 6.08. The van der Waals surface area contributed by atoms with E-state index in [1.807, 2.05) is 18.2 Å². The first-order chi connectivity index (χ1) is 9.06. The van der Waals surface area contributed by atoms with Crippen molar-refractivity contribution in [3.63, 3.8) is 0 Å². The number of hydrogen-bond acceptors (Lipinski definition) is 2. The molecule has 0 spiro atoms. The third kappa shape index (κ3) is 3.72. The largest absolute Gasteiger partial charge is 0.398 e. The third-order valence-corrected chi connectivity index (χ3v) is 3.56. The topological polar surface area (TPSA) is 55.1 Å². The van der Waals surface area contributed by atoms with Crippen LogP contribution in [-0.4, -0.2) is 5.91 Å². The van der Waals surface area contributed by atoms with Crippen LogP contribution in [0, 0.1) is 0 Å². The molecule has 19 heavy (non-hydrogen) atoms. The summed E-state index contributed by atoms with van der Waals surface area (Å²) >= 11 is 9.17. The number of amides is 1. The van der Waals surface area contributed by atoms with Crippen molar-refractivity contribution in [3.8, 4) is 0 Å². The van der Waals surface area contributed by atoms with E-state index < -0.39 is 0 Å². The first-order valence-corrected chi connectivity index (χ1v) is 6.81. The highest BCUT2D eigenvalue weighted by atomic mass is 79.9. The highest BCUT2D eigenvalue weighted by Gasteiger charge is 2.07. The Morgan fingerprint density at radius 1 is 1.26 bits per heavy atom. The van der Waals surface area contributed by atoms with E-state index in [4.69, 9.17) is 17.3 Å². The molecule has 0 aliphatic rings. The van der Waals surface area contributed by atoms with E-state index in [0.29, 0.717) is 22.8 Å². The zero-order chi connectivity index (χ0) is 13.8. The van der Waals surface area contributed by atoms with Crippen LogP contribution in [0.3, 0.4) is 0 Å². The number of carbonyl (C=O) groups is 1. The molecule has 0 aromatic heterocycles. The van der Waals surface area contributed by atoms with Crippen LogP contribution in [0.2, 0.25) is 5.02 Å². The number of anilines is 1. The van der Waals surface area contributed by atoms with E-state index in [1.165, 1.54) is 0 Å². The minimum absolute atomic E-state index is 0.167. The van der Waals surface area contributed by atoms with Crippen molar-refractivity contribution >= 4 is 39.1 Å². The van der Waals surface area contributed by atoms with Gasteiger partial charge in [-0.3, -0.25) is 4.79 Å². The summed E-state index contributed by atoms with van der Waals surface area (Å²) in [7, 11) is 0. The van der Waals surface area contributed by atoms with E-state index in [0.717, 1.165) is 10.0 Å². The summed E-state index contributed by atoms with van der Waals surface area (Å²) in [5.41, 5.74) is 7.76. The molecule has 0 atom stereocenters. The van der Waals surface area contributed by atoms with Crippen LogP contribution in [-0.2, 0) is 6.54 Å². The summed E-state index contributed by atoms with van der Waals surface area (Å²) in [4.78, 5) is 12.0. The normalized spacial score (nSPS) is 10.2. The fourth-order valence-electron chi connectivity index (χ4n) is 1.62. The van der Waals surface area contributed by atoms with Crippen molar-refractivity contribution in [1.29, 1.82) is 0 Å². The summed E-state index contributed by atoms with van der Waals surface area (Å²) in [6.07, 6.45) is 0. The number of carbonyl (C=O) groups excluding carboxylic acids is 1. The average molecular weight is 340 g/mol. The van der Waals surface area contributed by atoms with Gasteiger partial charge in [-0.05, 0) is 51.8 Å². The molecule has 0 aliphatic carbocycles. The van der Waals surface area contributed by atoms with Gasteiger partial charge in [0.2, 0.25) is 0 Å². The lowest BCUT2D eigenvalue weighted by Gasteiger charge is -2.07. The Morgan fingerprint density at radius 2 is 2.05 bits per heavy atom. The number of nitrogens with two attached hydrogens (primary N) is 1. The Bertz CT molecular complexity index is 616. The van der Waals surface area contributed by atoms with Crippen molar-refractivity contribution in [1.82, 2.24) is 5.32 Å². The molecule has 0 radical (unpaired) electrons. The van der Waals surface area contributed by atoms with E-state index >= 15 is 0 Å². The van der Waals surface area contributed by atoms with Crippen LogP contribution < -0.4 is 11.1 Å². The van der Waals surface area contributed by atoms with Crippen molar-refractivity contribution < 1.29 is 4.79 Å². The van der Waals surface area contributed by atoms with Gasteiger partial charge in [-0.2, -0.15) is 0 Å². The lowest BCUT2D eigenvalue weighted by molar-refractivity contribution is 0.0951. The van der Waals surface area contributed by atoms with E-state index in [1.54, 1.807) is 24.3 Å². The van der Waals surface area contributed by atoms with Gasteiger partial charge in [-0.25, -0.2) is 0 Å². The molecule has 2 aromatic rings. The van der Waals surface area contributed by atoms with Crippen LogP contribution >= 0.6 is 27.5 Å². The van der Waals surface area contributed by atoms with Crippen LogP contribution in [0.25, 0.3) is 0 Å². The van der Waals surface area contributed by atoms with Gasteiger partial charge in [-0.15, -0.1) is 0 Å². The Kier molecular flexibility index (Phi) is 4.45. The Balaban J connectivity index is 2.03. The highest BCUT2D eigenvalue weighted by Crippen LogP contribution is 2.20. The maximum absolute atomic E-state index is 12.0. The van der Waals surface area contributed by atoms with Crippen LogP contribution in [0.15, 0.2) is 46.9 Å². The van der Waals surface area contributed by atoms with Gasteiger partial charge in [0.1, 0.15) is 0 Å². The minimum Gasteiger partial charge on any atom is -0.398 e. The van der Waals surface area contributed by atoms with Crippen molar-refractivity contribution in [2.75, 3.05) is 5.73 Å². The van der Waals surface area contributed by atoms with Crippen molar-refractivity contribution in [2.45, 2.75) is 6.54 Å². The van der Waals surface area contributed by atoms with E-state index in [9.17, 15) is 4.79 Å². The van der Waals surface area contributed by atoms with Gasteiger partial charge in [0.25, 0.3) is 5.91 Å². The third-order valence-electron chi connectivity index (χ3n) is 2.60. The molecule has 0 fully saturated rings. The molecule has 2 rings (SSSR count). The van der Waals surface area contributed by atoms with E-state index in [2.05, 4.69) is 21.2 Å². The van der Waals surface area contributed by atoms with Gasteiger partial charge in [0.15, 0.2) is 0 Å². The zero-order valence-corrected chi connectivity index (χ0v) is 12.3. The second-order valence-electron chi connectivity index (χ2n) is 4.05. The molecule has 3 N–H and O–H groups in total. The Morgan fingerprint density at radius 3 is 2.74 bits per heavy atom. The number of benzene rings is 2. The lowest BCUT2D eigenvalue weighted by atomic mass is 10.1. The first-order valence-electron chi connectivity index (χ1n) is 5.64. The molecule has 0 aliphatic heterocycles. The molecule has 3 nitrogen and oxygen atoms in total. The number of hydrogen-bond donors (Lipinski definition) is 2. The SMILES string of the molecule is Nc1cc(C(=O)NCc2cccc(Cl)c2)ccc1Br.